The van der Waals surface area contributed by atoms with E-state index >= 15 is 0 Å². The largest absolute Gasteiger partial charge is 0.335 e. The Bertz CT molecular complexity index is 516. The van der Waals surface area contributed by atoms with Gasteiger partial charge in [-0.05, 0) is 24.8 Å². The molecule has 0 aromatic heterocycles. The number of hydrazone groups is 1. The molecule has 4 heteroatoms. The average Bonchev–Trinajstić information content (AvgIpc) is 3.35. The molecule has 1 aliphatic heterocycles. The van der Waals surface area contributed by atoms with Gasteiger partial charge in [0.1, 0.15) is 0 Å². The topological polar surface area (TPSA) is 45.9 Å². The molecule has 1 aromatic rings. The highest BCUT2D eigenvalue weighted by Crippen LogP contribution is 2.47. The first kappa shape index (κ1) is 14.3. The number of quaternary nitrogens is 1. The molecule has 4 nitrogen and oxygen atoms in total. The van der Waals surface area contributed by atoms with Gasteiger partial charge in [-0.15, -0.1) is 0 Å². The number of amides is 1. The van der Waals surface area contributed by atoms with Crippen LogP contribution < -0.4 is 10.3 Å². The summed E-state index contributed by atoms with van der Waals surface area (Å²) in [5.74, 6) is 0.581. The number of piperidine rings is 1. The van der Waals surface area contributed by atoms with Gasteiger partial charge in [-0.2, -0.15) is 5.10 Å². The van der Waals surface area contributed by atoms with Crippen molar-refractivity contribution in [3.05, 3.63) is 35.9 Å². The van der Waals surface area contributed by atoms with Gasteiger partial charge in [0.25, 0.3) is 0 Å². The second-order valence-electron chi connectivity index (χ2n) is 6.12. The summed E-state index contributed by atoms with van der Waals surface area (Å²) >= 11 is 0. The van der Waals surface area contributed by atoms with Crippen LogP contribution in [0.25, 0.3) is 0 Å². The highest BCUT2D eigenvalue weighted by molar-refractivity contribution is 5.88. The maximum Gasteiger partial charge on any atom is 0.243 e. The van der Waals surface area contributed by atoms with Crippen LogP contribution in [0.3, 0.4) is 0 Å². The van der Waals surface area contributed by atoms with Crippen molar-refractivity contribution in [3.63, 3.8) is 0 Å². The van der Waals surface area contributed by atoms with Crippen LogP contribution in [0, 0.1) is 5.92 Å². The lowest BCUT2D eigenvalue weighted by Crippen LogP contribution is -3.12. The number of rotatable bonds is 4. The van der Waals surface area contributed by atoms with E-state index in [-0.39, 0.29) is 11.8 Å². The summed E-state index contributed by atoms with van der Waals surface area (Å²) in [4.78, 5) is 13.8. The van der Waals surface area contributed by atoms with E-state index in [4.69, 9.17) is 0 Å². The Morgan fingerprint density at radius 3 is 2.67 bits per heavy atom. The van der Waals surface area contributed by atoms with Crippen molar-refractivity contribution < 1.29 is 9.69 Å². The van der Waals surface area contributed by atoms with Crippen LogP contribution in [0.1, 0.15) is 37.7 Å². The van der Waals surface area contributed by atoms with Gasteiger partial charge < -0.3 is 4.90 Å². The minimum atomic E-state index is 0.0848. The molecule has 112 valence electrons. The molecule has 2 atom stereocenters. The van der Waals surface area contributed by atoms with Gasteiger partial charge in [-0.3, -0.25) is 4.79 Å². The molecule has 2 N–H and O–H groups in total. The molecule has 1 saturated heterocycles. The molecule has 1 amide bonds. The molecule has 21 heavy (non-hydrogen) atoms. The Kier molecular flexibility index (Phi) is 4.34. The lowest BCUT2D eigenvalue weighted by Gasteiger charge is -2.23. The van der Waals surface area contributed by atoms with Gasteiger partial charge in [0.15, 0.2) is 0 Å². The normalized spacial score (nSPS) is 28.0. The summed E-state index contributed by atoms with van der Waals surface area (Å²) in [6.07, 6.45) is 2.97. The van der Waals surface area contributed by atoms with E-state index in [2.05, 4.69) is 29.6 Å². The second-order valence-corrected chi connectivity index (χ2v) is 6.12. The summed E-state index contributed by atoms with van der Waals surface area (Å²) in [7, 11) is 0. The monoisotopic (exact) mass is 286 g/mol. The molecule has 2 aliphatic rings. The number of nitrogens with zero attached hydrogens (tertiary/aromatic N) is 1. The summed E-state index contributed by atoms with van der Waals surface area (Å²) in [5.41, 5.74) is 5.21. The van der Waals surface area contributed by atoms with Gasteiger partial charge in [0.05, 0.1) is 19.6 Å². The molecule has 0 unspecified atom stereocenters. The third-order valence-corrected chi connectivity index (χ3v) is 4.71. The third-order valence-electron chi connectivity index (χ3n) is 4.71. The van der Waals surface area contributed by atoms with Crippen LogP contribution in [-0.4, -0.2) is 31.3 Å². The molecular formula is C17H24N3O+. The number of benzene rings is 1. The van der Waals surface area contributed by atoms with Gasteiger partial charge >= 0.3 is 0 Å². The number of hydrogen-bond donors (Lipinski definition) is 2. The fraction of sp³-hybridized carbons (Fsp3) is 0.529. The van der Waals surface area contributed by atoms with Gasteiger partial charge in [-0.1, -0.05) is 30.3 Å². The van der Waals surface area contributed by atoms with Crippen LogP contribution in [-0.2, 0) is 4.79 Å². The Hall–Kier alpha value is -1.68. The Labute approximate surface area is 126 Å². The molecule has 0 bridgehead atoms. The fourth-order valence-corrected chi connectivity index (χ4v) is 3.13. The van der Waals surface area contributed by atoms with Crippen molar-refractivity contribution in [1.29, 1.82) is 0 Å². The maximum atomic E-state index is 12.1. The van der Waals surface area contributed by atoms with Crippen molar-refractivity contribution in [3.8, 4) is 0 Å². The minimum absolute atomic E-state index is 0.0848. The molecule has 1 heterocycles. The molecule has 1 aliphatic carbocycles. The van der Waals surface area contributed by atoms with E-state index in [1.807, 2.05) is 18.2 Å². The lowest BCUT2D eigenvalue weighted by molar-refractivity contribution is -0.899. The summed E-state index contributed by atoms with van der Waals surface area (Å²) in [5, 5.41) is 4.35. The number of carbonyl (C=O) groups excluding carboxylic acids is 1. The number of carbonyl (C=O) groups is 1. The quantitative estimate of drug-likeness (QED) is 0.796. The van der Waals surface area contributed by atoms with Gasteiger partial charge in [0, 0.05) is 24.5 Å². The predicted octanol–water partition coefficient (Wildman–Crippen LogP) is 0.961. The molecule has 0 radical (unpaired) electrons. The van der Waals surface area contributed by atoms with Crippen LogP contribution in [0.4, 0.5) is 0 Å². The molecular weight excluding hydrogens is 262 g/mol. The van der Waals surface area contributed by atoms with Crippen LogP contribution in [0.5, 0.6) is 0 Å². The van der Waals surface area contributed by atoms with E-state index in [1.54, 1.807) is 4.90 Å². The average molecular weight is 286 g/mol. The summed E-state index contributed by atoms with van der Waals surface area (Å²) < 4.78 is 0. The van der Waals surface area contributed by atoms with E-state index in [9.17, 15) is 4.79 Å². The zero-order valence-corrected chi connectivity index (χ0v) is 12.6. The highest BCUT2D eigenvalue weighted by Gasteiger charge is 2.43. The first-order valence-electron chi connectivity index (χ1n) is 8.01. The standard InChI is InChI=1S/C17H23N3O/c1-2-20-10-8-14(9-11-20)18-19-17(21)16-12-15(16)13-6-4-3-5-7-13/h3-7,15-16H,2,8-12H2,1H3,(H,19,21)/p+1/t15-,16+/m1/s1. The Balaban J connectivity index is 1.48. The maximum absolute atomic E-state index is 12.1. The van der Waals surface area contributed by atoms with Crippen molar-refractivity contribution >= 4 is 11.6 Å². The van der Waals surface area contributed by atoms with E-state index in [0.717, 1.165) is 38.1 Å². The molecule has 3 rings (SSSR count). The Morgan fingerprint density at radius 1 is 1.29 bits per heavy atom. The van der Waals surface area contributed by atoms with Crippen molar-refractivity contribution in [2.24, 2.45) is 11.0 Å². The fourth-order valence-electron chi connectivity index (χ4n) is 3.13. The van der Waals surface area contributed by atoms with Crippen LogP contribution in [0.15, 0.2) is 35.4 Å². The minimum Gasteiger partial charge on any atom is -0.335 e. The van der Waals surface area contributed by atoms with E-state index < -0.39 is 0 Å². The third kappa shape index (κ3) is 3.50. The highest BCUT2D eigenvalue weighted by atomic mass is 16.2. The molecule has 1 saturated carbocycles. The molecule has 1 aromatic carbocycles. The van der Waals surface area contributed by atoms with Crippen molar-refractivity contribution in [1.82, 2.24) is 5.43 Å². The second kappa shape index (κ2) is 6.39. The zero-order chi connectivity index (χ0) is 14.7. The van der Waals surface area contributed by atoms with Crippen LogP contribution >= 0.6 is 0 Å². The summed E-state index contributed by atoms with van der Waals surface area (Å²) in [6, 6.07) is 10.3. The van der Waals surface area contributed by atoms with Gasteiger partial charge in [0.2, 0.25) is 5.91 Å². The number of nitrogens with one attached hydrogen (secondary N) is 2. The smallest absolute Gasteiger partial charge is 0.243 e. The van der Waals surface area contributed by atoms with Gasteiger partial charge in [-0.25, -0.2) is 5.43 Å². The van der Waals surface area contributed by atoms with Crippen molar-refractivity contribution in [2.75, 3.05) is 19.6 Å². The Morgan fingerprint density at radius 2 is 2.00 bits per heavy atom. The number of likely N-dealkylation sites (tertiary alicyclic amines) is 1. The number of hydrogen-bond acceptors (Lipinski definition) is 2. The first-order chi connectivity index (χ1) is 10.3. The predicted molar refractivity (Wildman–Crippen MR) is 83.3 cm³/mol. The summed E-state index contributed by atoms with van der Waals surface area (Å²) in [6.45, 7) is 5.68. The first-order valence-corrected chi connectivity index (χ1v) is 8.01. The van der Waals surface area contributed by atoms with E-state index in [0.29, 0.717) is 5.92 Å². The zero-order valence-electron chi connectivity index (χ0n) is 12.6. The molecule has 0 spiro atoms. The van der Waals surface area contributed by atoms with E-state index in [1.165, 1.54) is 12.1 Å². The lowest BCUT2D eigenvalue weighted by atomic mass is 10.1. The molecule has 2 fully saturated rings. The van der Waals surface area contributed by atoms with Crippen LogP contribution in [0.2, 0.25) is 0 Å². The SMILES string of the molecule is CC[NH+]1CCC(=NNC(=O)[C@H]2C[C@@H]2c2ccccc2)CC1. The van der Waals surface area contributed by atoms with Crippen molar-refractivity contribution in [2.45, 2.75) is 32.1 Å².